The van der Waals surface area contributed by atoms with E-state index in [1.165, 1.54) is 38.2 Å². The van der Waals surface area contributed by atoms with Gasteiger partial charge in [-0.1, -0.05) is 0 Å². The Kier molecular flexibility index (Phi) is 9.51. The van der Waals surface area contributed by atoms with Gasteiger partial charge in [0, 0.05) is 53.8 Å². The molecule has 0 saturated carbocycles. The van der Waals surface area contributed by atoms with E-state index in [2.05, 4.69) is 45.3 Å². The molecular weight excluding hydrogens is 534 g/mol. The van der Waals surface area contributed by atoms with Crippen LogP contribution in [0.1, 0.15) is 84.4 Å². The van der Waals surface area contributed by atoms with Crippen molar-refractivity contribution in [3.05, 3.63) is 56.8 Å². The van der Waals surface area contributed by atoms with Crippen LogP contribution in [0.5, 0.6) is 0 Å². The van der Waals surface area contributed by atoms with Crippen molar-refractivity contribution in [2.75, 3.05) is 44.7 Å². The zero-order valence-corrected chi connectivity index (χ0v) is 26.0. The molecule has 1 amide bonds. The lowest BCUT2D eigenvalue weighted by Gasteiger charge is -2.41. The summed E-state index contributed by atoms with van der Waals surface area (Å²) in [6.45, 7) is 13.8. The van der Waals surface area contributed by atoms with Crippen LogP contribution in [-0.2, 0) is 6.54 Å². The SMILES string of the molecule is CSCCN1CCC(N2CCC(c3cc(C(=O)NCc4c(C)cc(C)[nH]c4=O)c4cnn(C(C)C)c4n3)CC2)CC1. The van der Waals surface area contributed by atoms with Crippen molar-refractivity contribution in [2.24, 2.45) is 0 Å². The number of hydrogen-bond acceptors (Lipinski definition) is 7. The van der Waals surface area contributed by atoms with Gasteiger partial charge < -0.3 is 20.1 Å². The molecule has 5 heterocycles. The van der Waals surface area contributed by atoms with Crippen LogP contribution in [-0.4, -0.2) is 86.2 Å². The van der Waals surface area contributed by atoms with Gasteiger partial charge in [0.25, 0.3) is 11.5 Å². The molecule has 0 atom stereocenters. The van der Waals surface area contributed by atoms with Crippen LogP contribution in [0.3, 0.4) is 0 Å². The summed E-state index contributed by atoms with van der Waals surface area (Å²) in [6, 6.07) is 4.71. The number of carbonyl (C=O) groups is 1. The zero-order valence-electron chi connectivity index (χ0n) is 25.2. The van der Waals surface area contributed by atoms with Crippen molar-refractivity contribution in [1.29, 1.82) is 0 Å². The minimum atomic E-state index is -0.202. The second-order valence-corrected chi connectivity index (χ2v) is 13.0. The number of thioether (sulfide) groups is 1. The monoisotopic (exact) mass is 579 g/mol. The van der Waals surface area contributed by atoms with Crippen molar-refractivity contribution in [3.8, 4) is 0 Å². The topological polar surface area (TPSA) is 99.1 Å². The second-order valence-electron chi connectivity index (χ2n) is 12.0. The lowest BCUT2D eigenvalue weighted by molar-refractivity contribution is 0.0894. The molecule has 2 fully saturated rings. The summed E-state index contributed by atoms with van der Waals surface area (Å²) in [5, 5.41) is 8.34. The fourth-order valence-electron chi connectivity index (χ4n) is 6.47. The minimum Gasteiger partial charge on any atom is -0.348 e. The molecule has 2 N–H and O–H groups in total. The maximum atomic E-state index is 13.6. The van der Waals surface area contributed by atoms with E-state index in [1.54, 1.807) is 6.20 Å². The average Bonchev–Trinajstić information content (AvgIpc) is 3.40. The van der Waals surface area contributed by atoms with E-state index in [1.807, 2.05) is 42.4 Å². The molecule has 41 heavy (non-hydrogen) atoms. The molecule has 2 saturated heterocycles. The van der Waals surface area contributed by atoms with Gasteiger partial charge in [-0.2, -0.15) is 16.9 Å². The first-order valence-electron chi connectivity index (χ1n) is 15.1. The van der Waals surface area contributed by atoms with Crippen LogP contribution in [0.25, 0.3) is 11.0 Å². The number of aromatic amines is 1. The summed E-state index contributed by atoms with van der Waals surface area (Å²) in [5.74, 6) is 1.32. The number of carbonyl (C=O) groups excluding carboxylic acids is 1. The third-order valence-electron chi connectivity index (χ3n) is 8.87. The molecule has 2 aliphatic heterocycles. The predicted molar refractivity (Wildman–Crippen MR) is 167 cm³/mol. The molecule has 222 valence electrons. The fraction of sp³-hybridized carbons (Fsp3) is 0.613. The van der Waals surface area contributed by atoms with Gasteiger partial charge in [0.1, 0.15) is 0 Å². The van der Waals surface area contributed by atoms with E-state index >= 15 is 0 Å². The van der Waals surface area contributed by atoms with Gasteiger partial charge in [-0.25, -0.2) is 9.67 Å². The summed E-state index contributed by atoms with van der Waals surface area (Å²) in [5.41, 5.74) is 4.42. The molecule has 2 aliphatic rings. The first-order valence-corrected chi connectivity index (χ1v) is 16.5. The predicted octanol–water partition coefficient (Wildman–Crippen LogP) is 4.25. The van der Waals surface area contributed by atoms with Crippen LogP contribution < -0.4 is 10.9 Å². The molecule has 9 nitrogen and oxygen atoms in total. The molecule has 3 aromatic heterocycles. The van der Waals surface area contributed by atoms with Gasteiger partial charge in [-0.3, -0.25) is 9.59 Å². The van der Waals surface area contributed by atoms with Crippen LogP contribution in [0.4, 0.5) is 0 Å². The number of pyridine rings is 2. The highest BCUT2D eigenvalue weighted by Crippen LogP contribution is 2.32. The Bertz CT molecular complexity index is 1420. The summed E-state index contributed by atoms with van der Waals surface area (Å²) >= 11 is 1.93. The summed E-state index contributed by atoms with van der Waals surface area (Å²) in [7, 11) is 0. The Labute approximate surface area is 247 Å². The van der Waals surface area contributed by atoms with E-state index in [-0.39, 0.29) is 24.1 Å². The van der Waals surface area contributed by atoms with Crippen molar-refractivity contribution in [3.63, 3.8) is 0 Å². The van der Waals surface area contributed by atoms with Gasteiger partial charge in [0.05, 0.1) is 17.1 Å². The number of nitrogens with one attached hydrogen (secondary N) is 2. The van der Waals surface area contributed by atoms with Gasteiger partial charge in [-0.05, 0) is 104 Å². The van der Waals surface area contributed by atoms with Crippen molar-refractivity contribution >= 4 is 28.7 Å². The van der Waals surface area contributed by atoms with E-state index in [0.717, 1.165) is 53.9 Å². The second kappa shape index (κ2) is 13.1. The molecule has 0 unspecified atom stereocenters. The number of rotatable bonds is 9. The first-order chi connectivity index (χ1) is 19.7. The molecule has 5 rings (SSSR count). The highest BCUT2D eigenvalue weighted by Gasteiger charge is 2.30. The van der Waals surface area contributed by atoms with Crippen LogP contribution in [0, 0.1) is 13.8 Å². The highest BCUT2D eigenvalue weighted by atomic mass is 32.2. The number of nitrogens with zero attached hydrogens (tertiary/aromatic N) is 5. The molecule has 3 aromatic rings. The molecule has 0 spiro atoms. The number of amides is 1. The normalized spacial score (nSPS) is 18.0. The lowest BCUT2D eigenvalue weighted by atomic mass is 9.90. The zero-order chi connectivity index (χ0) is 29.1. The van der Waals surface area contributed by atoms with Crippen molar-refractivity contribution in [1.82, 2.24) is 34.9 Å². The molecule has 0 bridgehead atoms. The standard InChI is InChI=1S/C31H45N7O2S/c1-20(2)38-29-27(19-33-38)25(30(39)32-18-26-21(3)16-22(4)34-31(26)40)17-28(35-29)23-6-12-37(13-7-23)24-8-10-36(11-9-24)14-15-41-5/h16-17,19-20,23-24H,6-15,18H2,1-5H3,(H,32,39)(H,34,40). The van der Waals surface area contributed by atoms with Crippen molar-refractivity contribution < 1.29 is 4.79 Å². The Balaban J connectivity index is 1.31. The molecule has 0 radical (unpaired) electrons. The largest absolute Gasteiger partial charge is 0.348 e. The molecule has 10 heteroatoms. The Hall–Kier alpha value is -2.69. The third kappa shape index (κ3) is 6.70. The van der Waals surface area contributed by atoms with Gasteiger partial charge in [-0.15, -0.1) is 0 Å². The van der Waals surface area contributed by atoms with Gasteiger partial charge in [0.15, 0.2) is 5.65 Å². The number of fused-ring (bicyclic) bond motifs is 1. The summed E-state index contributed by atoms with van der Waals surface area (Å²) in [6.07, 6.45) is 8.53. The summed E-state index contributed by atoms with van der Waals surface area (Å²) < 4.78 is 1.91. The van der Waals surface area contributed by atoms with E-state index < -0.39 is 0 Å². The summed E-state index contributed by atoms with van der Waals surface area (Å²) in [4.78, 5) is 39.3. The quantitative estimate of drug-likeness (QED) is 0.391. The Morgan fingerprint density at radius 3 is 2.51 bits per heavy atom. The van der Waals surface area contributed by atoms with Crippen LogP contribution >= 0.6 is 11.8 Å². The number of hydrogen-bond donors (Lipinski definition) is 2. The number of likely N-dealkylation sites (tertiary alicyclic amines) is 2. The first kappa shape index (κ1) is 29.8. The fourth-order valence-corrected chi connectivity index (χ4v) is 6.91. The van der Waals surface area contributed by atoms with Gasteiger partial charge >= 0.3 is 0 Å². The van der Waals surface area contributed by atoms with Crippen LogP contribution in [0.15, 0.2) is 23.1 Å². The number of H-pyrrole nitrogens is 1. The maximum Gasteiger partial charge on any atom is 0.253 e. The van der Waals surface area contributed by atoms with E-state index in [9.17, 15) is 9.59 Å². The number of aryl methyl sites for hydroxylation is 2. The smallest absolute Gasteiger partial charge is 0.253 e. The van der Waals surface area contributed by atoms with Crippen molar-refractivity contribution in [2.45, 2.75) is 77.9 Å². The number of piperidine rings is 2. The minimum absolute atomic E-state index is 0.128. The maximum absolute atomic E-state index is 13.6. The van der Waals surface area contributed by atoms with E-state index in [4.69, 9.17) is 4.98 Å². The molecule has 0 aromatic carbocycles. The molecule has 0 aliphatic carbocycles. The van der Waals surface area contributed by atoms with Crippen LogP contribution in [0.2, 0.25) is 0 Å². The lowest BCUT2D eigenvalue weighted by Crippen LogP contribution is -2.47. The Morgan fingerprint density at radius 2 is 1.85 bits per heavy atom. The number of aromatic nitrogens is 4. The highest BCUT2D eigenvalue weighted by molar-refractivity contribution is 7.98. The Morgan fingerprint density at radius 1 is 1.12 bits per heavy atom. The van der Waals surface area contributed by atoms with E-state index in [0.29, 0.717) is 23.1 Å². The average molecular weight is 580 g/mol. The third-order valence-corrected chi connectivity index (χ3v) is 9.46. The molecular formula is C31H45N7O2S. The van der Waals surface area contributed by atoms with Gasteiger partial charge in [0.2, 0.25) is 0 Å².